The van der Waals surface area contributed by atoms with Crippen LogP contribution in [0, 0.1) is 0 Å². The van der Waals surface area contributed by atoms with E-state index in [1.807, 2.05) is 0 Å². The molecule has 0 aromatic rings. The van der Waals surface area contributed by atoms with Crippen LogP contribution in [0.15, 0.2) is 0 Å². The van der Waals surface area contributed by atoms with Crippen molar-refractivity contribution in [2.75, 3.05) is 20.3 Å². The van der Waals surface area contributed by atoms with E-state index in [1.54, 1.807) is 0 Å². The third-order valence-corrected chi connectivity index (χ3v) is 2.41. The smallest absolute Gasteiger partial charge is 0.0622 e. The van der Waals surface area contributed by atoms with E-state index in [0.29, 0.717) is 12.1 Å². The fraction of sp³-hybridized carbons (Fsp3) is 1.00. The quantitative estimate of drug-likeness (QED) is 0.545. The molecule has 1 saturated heterocycles. The first kappa shape index (κ1) is 8.02. The summed E-state index contributed by atoms with van der Waals surface area (Å²) in [7, 11) is 2.18. The van der Waals surface area contributed by atoms with Crippen LogP contribution in [0.4, 0.5) is 0 Å². The van der Waals surface area contributed by atoms with Gasteiger partial charge in [-0.3, -0.25) is 4.90 Å². The Morgan fingerprint density at radius 2 is 2.20 bits per heavy atom. The van der Waals surface area contributed by atoms with Gasteiger partial charge in [0, 0.05) is 12.1 Å². The number of morpholine rings is 1. The largest absolute Gasteiger partial charge is 0.378 e. The van der Waals surface area contributed by atoms with Crippen molar-refractivity contribution in [3.05, 3.63) is 0 Å². The van der Waals surface area contributed by atoms with Gasteiger partial charge in [0.2, 0.25) is 0 Å². The average Bonchev–Trinajstić information content (AvgIpc) is 1.95. The lowest BCUT2D eigenvalue weighted by atomic mass is 10.1. The molecule has 2 atom stereocenters. The standard InChI is InChI=1S/C8H17NO/c1-4-8-6-10-5-7(2)9(8)3/h7-8H,4-6H2,1-3H3/t7?,8-/m1/s1. The fourth-order valence-corrected chi connectivity index (χ4v) is 1.38. The second-order valence-electron chi connectivity index (χ2n) is 3.11. The molecular weight excluding hydrogens is 126 g/mol. The zero-order valence-corrected chi connectivity index (χ0v) is 7.13. The Kier molecular flexibility index (Phi) is 2.69. The Bertz CT molecular complexity index is 105. The van der Waals surface area contributed by atoms with E-state index in [2.05, 4.69) is 25.8 Å². The Labute approximate surface area is 63.2 Å². The first-order valence-electron chi connectivity index (χ1n) is 4.05. The first-order chi connectivity index (χ1) is 4.75. The van der Waals surface area contributed by atoms with Crippen LogP contribution in [-0.4, -0.2) is 37.2 Å². The molecule has 2 nitrogen and oxygen atoms in total. The van der Waals surface area contributed by atoms with Gasteiger partial charge in [-0.1, -0.05) is 6.92 Å². The van der Waals surface area contributed by atoms with Crippen molar-refractivity contribution in [3.63, 3.8) is 0 Å². The van der Waals surface area contributed by atoms with Crippen LogP contribution in [0.3, 0.4) is 0 Å². The van der Waals surface area contributed by atoms with Gasteiger partial charge in [-0.05, 0) is 20.4 Å². The van der Waals surface area contributed by atoms with Gasteiger partial charge in [0.05, 0.1) is 13.2 Å². The molecule has 1 rings (SSSR count). The van der Waals surface area contributed by atoms with Gasteiger partial charge in [-0.2, -0.15) is 0 Å². The van der Waals surface area contributed by atoms with Crippen LogP contribution in [0.5, 0.6) is 0 Å². The molecule has 0 amide bonds. The van der Waals surface area contributed by atoms with Crippen LogP contribution in [-0.2, 0) is 4.74 Å². The molecule has 2 heteroatoms. The molecule has 0 saturated carbocycles. The van der Waals surface area contributed by atoms with E-state index in [0.717, 1.165) is 13.2 Å². The molecular formula is C8H17NO. The molecule has 10 heavy (non-hydrogen) atoms. The molecule has 0 aliphatic carbocycles. The predicted molar refractivity (Wildman–Crippen MR) is 42.1 cm³/mol. The van der Waals surface area contributed by atoms with Crippen molar-refractivity contribution in [2.45, 2.75) is 32.4 Å². The van der Waals surface area contributed by atoms with Crippen molar-refractivity contribution < 1.29 is 4.74 Å². The lowest BCUT2D eigenvalue weighted by Crippen LogP contribution is -2.48. The van der Waals surface area contributed by atoms with Gasteiger partial charge >= 0.3 is 0 Å². The lowest BCUT2D eigenvalue weighted by molar-refractivity contribution is -0.0303. The summed E-state index contributed by atoms with van der Waals surface area (Å²) >= 11 is 0. The van der Waals surface area contributed by atoms with Crippen LogP contribution in [0.1, 0.15) is 20.3 Å². The lowest BCUT2D eigenvalue weighted by Gasteiger charge is -2.37. The number of rotatable bonds is 1. The highest BCUT2D eigenvalue weighted by Crippen LogP contribution is 2.12. The van der Waals surface area contributed by atoms with Crippen LogP contribution < -0.4 is 0 Å². The van der Waals surface area contributed by atoms with E-state index < -0.39 is 0 Å². The summed E-state index contributed by atoms with van der Waals surface area (Å²) in [6.07, 6.45) is 1.20. The molecule has 0 N–H and O–H groups in total. The maximum atomic E-state index is 5.41. The SMILES string of the molecule is CC[C@@H]1COCC(C)N1C. The molecule has 0 spiro atoms. The van der Waals surface area contributed by atoms with Crippen molar-refractivity contribution in [2.24, 2.45) is 0 Å². The van der Waals surface area contributed by atoms with Crippen molar-refractivity contribution in [1.29, 1.82) is 0 Å². The fourth-order valence-electron chi connectivity index (χ4n) is 1.38. The minimum absolute atomic E-state index is 0.596. The molecule has 0 bridgehead atoms. The number of hydrogen-bond acceptors (Lipinski definition) is 2. The minimum Gasteiger partial charge on any atom is -0.378 e. The molecule has 0 radical (unpaired) electrons. The summed E-state index contributed by atoms with van der Waals surface area (Å²) in [6, 6.07) is 1.24. The van der Waals surface area contributed by atoms with Gasteiger partial charge in [0.1, 0.15) is 0 Å². The molecule has 1 fully saturated rings. The number of nitrogens with zero attached hydrogens (tertiary/aromatic N) is 1. The maximum Gasteiger partial charge on any atom is 0.0622 e. The Morgan fingerprint density at radius 1 is 1.50 bits per heavy atom. The highest BCUT2D eigenvalue weighted by atomic mass is 16.5. The minimum atomic E-state index is 0.596. The van der Waals surface area contributed by atoms with Crippen molar-refractivity contribution in [3.8, 4) is 0 Å². The molecule has 1 aliphatic heterocycles. The zero-order chi connectivity index (χ0) is 7.56. The van der Waals surface area contributed by atoms with Gasteiger partial charge in [0.15, 0.2) is 0 Å². The van der Waals surface area contributed by atoms with Crippen molar-refractivity contribution in [1.82, 2.24) is 4.90 Å². The predicted octanol–water partition coefficient (Wildman–Crippen LogP) is 1.12. The van der Waals surface area contributed by atoms with E-state index in [9.17, 15) is 0 Å². The summed E-state index contributed by atoms with van der Waals surface area (Å²) in [5.41, 5.74) is 0. The van der Waals surface area contributed by atoms with E-state index in [-0.39, 0.29) is 0 Å². The van der Waals surface area contributed by atoms with Gasteiger partial charge in [0.25, 0.3) is 0 Å². The molecule has 0 aromatic heterocycles. The summed E-state index contributed by atoms with van der Waals surface area (Å²) in [5.74, 6) is 0. The normalized spacial score (nSPS) is 36.3. The summed E-state index contributed by atoms with van der Waals surface area (Å²) < 4.78 is 5.41. The Morgan fingerprint density at radius 3 is 2.70 bits per heavy atom. The molecule has 0 aromatic carbocycles. The summed E-state index contributed by atoms with van der Waals surface area (Å²) in [4.78, 5) is 2.41. The van der Waals surface area contributed by atoms with E-state index in [1.165, 1.54) is 6.42 Å². The monoisotopic (exact) mass is 143 g/mol. The summed E-state index contributed by atoms with van der Waals surface area (Å²) in [5, 5.41) is 0. The molecule has 60 valence electrons. The van der Waals surface area contributed by atoms with Crippen molar-refractivity contribution >= 4 is 0 Å². The van der Waals surface area contributed by atoms with Crippen LogP contribution >= 0.6 is 0 Å². The highest BCUT2D eigenvalue weighted by molar-refractivity contribution is 4.76. The van der Waals surface area contributed by atoms with Gasteiger partial charge in [-0.15, -0.1) is 0 Å². The topological polar surface area (TPSA) is 12.5 Å². The Hall–Kier alpha value is -0.0800. The van der Waals surface area contributed by atoms with E-state index in [4.69, 9.17) is 4.74 Å². The number of hydrogen-bond donors (Lipinski definition) is 0. The van der Waals surface area contributed by atoms with Gasteiger partial charge < -0.3 is 4.74 Å². The zero-order valence-electron chi connectivity index (χ0n) is 7.13. The molecule has 1 aliphatic rings. The second-order valence-corrected chi connectivity index (χ2v) is 3.11. The third-order valence-electron chi connectivity index (χ3n) is 2.41. The summed E-state index contributed by atoms with van der Waals surface area (Å²) in [6.45, 7) is 6.23. The third kappa shape index (κ3) is 1.50. The highest BCUT2D eigenvalue weighted by Gasteiger charge is 2.22. The molecule has 1 heterocycles. The second kappa shape index (κ2) is 3.35. The molecule has 1 unspecified atom stereocenters. The number of likely N-dealkylation sites (N-methyl/N-ethyl adjacent to an activating group) is 1. The van der Waals surface area contributed by atoms with Gasteiger partial charge in [-0.25, -0.2) is 0 Å². The maximum absolute atomic E-state index is 5.41. The number of ether oxygens (including phenoxy) is 1. The first-order valence-corrected chi connectivity index (χ1v) is 4.05. The van der Waals surface area contributed by atoms with E-state index >= 15 is 0 Å². The van der Waals surface area contributed by atoms with Crippen LogP contribution in [0.25, 0.3) is 0 Å². The Balaban J connectivity index is 2.42. The van der Waals surface area contributed by atoms with Crippen LogP contribution in [0.2, 0.25) is 0 Å². The average molecular weight is 143 g/mol.